The normalized spacial score (nSPS) is 11.6. The van der Waals surface area contributed by atoms with Gasteiger partial charge in [0.25, 0.3) is 0 Å². The van der Waals surface area contributed by atoms with Gasteiger partial charge in [0.15, 0.2) is 0 Å². The summed E-state index contributed by atoms with van der Waals surface area (Å²) in [5, 5.41) is 19.2. The highest BCUT2D eigenvalue weighted by molar-refractivity contribution is 6.20. The summed E-state index contributed by atoms with van der Waals surface area (Å²) in [6.07, 6.45) is 0. The third kappa shape index (κ3) is 10.2. The van der Waals surface area contributed by atoms with E-state index in [1.165, 1.54) is 87.6 Å². The van der Waals surface area contributed by atoms with Gasteiger partial charge in [0.2, 0.25) is 0 Å². The molecule has 0 amide bonds. The van der Waals surface area contributed by atoms with Gasteiger partial charge < -0.3 is 18.6 Å². The average molecular weight is 1280 g/mol. The van der Waals surface area contributed by atoms with Crippen molar-refractivity contribution in [1.29, 1.82) is 0 Å². The molecule has 0 bridgehead atoms. The SMILES string of the molecule is c1ccc(-c2ccc(N(c3ccc(-c4cc5ccccc5c5ccccc45)cc3)c3cccc4c3ccc3c5ccccc5oc43)cc2)cc1.c1ccc(-c2cccc(N(c3ccc(-c4ccc5c(ccc6ccccc65)c4)cc3)c3cccc4c3ccc3c5ccccc5oc43)c2)cc1. The number of nitrogens with zero attached hydrogens (tertiary/aromatic N) is 2. The number of benzene rings is 18. The summed E-state index contributed by atoms with van der Waals surface area (Å²) in [6, 6.07) is 135. The predicted octanol–water partition coefficient (Wildman–Crippen LogP) is 27.7. The Kier molecular flexibility index (Phi) is 14.2. The van der Waals surface area contributed by atoms with E-state index in [2.05, 4.69) is 362 Å². The predicted molar refractivity (Wildman–Crippen MR) is 424 cm³/mol. The first-order valence-corrected chi connectivity index (χ1v) is 34.2. The van der Waals surface area contributed by atoms with Gasteiger partial charge in [-0.2, -0.15) is 0 Å². The van der Waals surface area contributed by atoms with Crippen LogP contribution in [0.15, 0.2) is 385 Å². The lowest BCUT2D eigenvalue weighted by Crippen LogP contribution is -2.10. The zero-order valence-corrected chi connectivity index (χ0v) is 54.5. The van der Waals surface area contributed by atoms with Crippen molar-refractivity contribution in [3.8, 4) is 44.5 Å². The lowest BCUT2D eigenvalue weighted by atomic mass is 9.93. The van der Waals surface area contributed by atoms with Crippen molar-refractivity contribution in [3.05, 3.63) is 376 Å². The molecule has 0 aliphatic rings. The molecular weight excluding hydrogens is 1210 g/mol. The molecule has 2 heterocycles. The zero-order chi connectivity index (χ0) is 66.0. The maximum Gasteiger partial charge on any atom is 0.143 e. The Labute approximate surface area is 578 Å². The Balaban J connectivity index is 0.000000139. The second-order valence-corrected chi connectivity index (χ2v) is 25.8. The fourth-order valence-corrected chi connectivity index (χ4v) is 15.3. The van der Waals surface area contributed by atoms with Crippen LogP contribution in [0.25, 0.3) is 153 Å². The van der Waals surface area contributed by atoms with Gasteiger partial charge in [-0.25, -0.2) is 0 Å². The molecule has 0 unspecified atom stereocenters. The molecule has 100 heavy (non-hydrogen) atoms. The van der Waals surface area contributed by atoms with Crippen LogP contribution < -0.4 is 9.80 Å². The summed E-state index contributed by atoms with van der Waals surface area (Å²) in [5.41, 5.74) is 19.8. The van der Waals surface area contributed by atoms with Crippen LogP contribution in [0.5, 0.6) is 0 Å². The van der Waals surface area contributed by atoms with Crippen molar-refractivity contribution in [2.24, 2.45) is 0 Å². The molecule has 0 fully saturated rings. The molecule has 0 saturated heterocycles. The molecule has 0 aliphatic heterocycles. The highest BCUT2D eigenvalue weighted by Gasteiger charge is 2.22. The van der Waals surface area contributed by atoms with Crippen LogP contribution in [-0.2, 0) is 0 Å². The van der Waals surface area contributed by atoms with Crippen LogP contribution in [-0.4, -0.2) is 0 Å². The van der Waals surface area contributed by atoms with Crippen molar-refractivity contribution in [1.82, 2.24) is 0 Å². The maximum absolute atomic E-state index is 6.49. The Bertz CT molecular complexity index is 6510. The van der Waals surface area contributed by atoms with Crippen molar-refractivity contribution in [2.45, 2.75) is 0 Å². The molecule has 0 aliphatic carbocycles. The first-order chi connectivity index (χ1) is 49.6. The number of hydrogen-bond acceptors (Lipinski definition) is 4. The number of anilines is 6. The van der Waals surface area contributed by atoms with Crippen LogP contribution in [0, 0.1) is 0 Å². The minimum absolute atomic E-state index is 0.908. The van der Waals surface area contributed by atoms with Gasteiger partial charge in [0.1, 0.15) is 22.3 Å². The zero-order valence-electron chi connectivity index (χ0n) is 54.5. The topological polar surface area (TPSA) is 32.8 Å². The van der Waals surface area contributed by atoms with Crippen molar-refractivity contribution in [3.63, 3.8) is 0 Å². The summed E-state index contributed by atoms with van der Waals surface area (Å²) in [5.74, 6) is 0. The Hall–Kier alpha value is -13.3. The molecule has 0 radical (unpaired) electrons. The van der Waals surface area contributed by atoms with E-state index in [4.69, 9.17) is 8.83 Å². The molecule has 2 aromatic heterocycles. The molecule has 0 spiro atoms. The van der Waals surface area contributed by atoms with Gasteiger partial charge in [-0.05, 0) is 185 Å². The van der Waals surface area contributed by atoms with E-state index in [0.717, 1.165) is 99.5 Å². The standard InChI is InChI=1S/2C48H31NO/c1-2-10-32(11-3-1)35-13-8-14-39(31-35)49(46-18-9-17-44-42(46)28-29-45-43-16-6-7-19-47(43)50-48(44)45)38-25-22-33(23-26-38)36-24-27-41-37(30-36)21-20-34-12-4-5-15-40(34)41;1-2-11-32(12-3-1)33-21-25-36(26-22-33)49(46-19-10-18-43-41(46)29-30-44-42-17-8-9-20-47(42)50-48(43)44)37-27-23-34(24-28-37)45-31-35-13-4-5-14-38(35)39-15-6-7-16-40(39)45/h2*1-31H. The van der Waals surface area contributed by atoms with Crippen molar-refractivity contribution < 1.29 is 8.83 Å². The fourth-order valence-electron chi connectivity index (χ4n) is 15.3. The molecule has 20 rings (SSSR count). The van der Waals surface area contributed by atoms with Gasteiger partial charge in [0, 0.05) is 65.8 Å². The van der Waals surface area contributed by atoms with E-state index in [1.807, 2.05) is 24.3 Å². The van der Waals surface area contributed by atoms with E-state index < -0.39 is 0 Å². The summed E-state index contributed by atoms with van der Waals surface area (Å²) in [7, 11) is 0. The molecular formula is C96H62N2O2. The Morgan fingerprint density at radius 1 is 0.170 bits per heavy atom. The molecule has 0 N–H and O–H groups in total. The maximum atomic E-state index is 6.49. The first-order valence-electron chi connectivity index (χ1n) is 34.2. The first kappa shape index (κ1) is 58.1. The summed E-state index contributed by atoms with van der Waals surface area (Å²) in [4.78, 5) is 4.74. The third-order valence-corrected chi connectivity index (χ3v) is 20.1. The highest BCUT2D eigenvalue weighted by Crippen LogP contribution is 2.47. The molecule has 468 valence electrons. The van der Waals surface area contributed by atoms with E-state index >= 15 is 0 Å². The van der Waals surface area contributed by atoms with E-state index in [-0.39, 0.29) is 0 Å². The van der Waals surface area contributed by atoms with Crippen LogP contribution in [0.3, 0.4) is 0 Å². The fraction of sp³-hybridized carbons (Fsp3) is 0. The second-order valence-electron chi connectivity index (χ2n) is 25.8. The molecule has 0 saturated carbocycles. The lowest BCUT2D eigenvalue weighted by Gasteiger charge is -2.27. The van der Waals surface area contributed by atoms with Crippen molar-refractivity contribution in [2.75, 3.05) is 9.80 Å². The Morgan fingerprint density at radius 3 is 1.11 bits per heavy atom. The minimum atomic E-state index is 0.908. The number of para-hydroxylation sites is 2. The van der Waals surface area contributed by atoms with Crippen LogP contribution >= 0.6 is 0 Å². The summed E-state index contributed by atoms with van der Waals surface area (Å²) < 4.78 is 13.0. The van der Waals surface area contributed by atoms with Crippen LogP contribution in [0.4, 0.5) is 34.1 Å². The molecule has 20 aromatic rings. The van der Waals surface area contributed by atoms with E-state index in [9.17, 15) is 0 Å². The van der Waals surface area contributed by atoms with Gasteiger partial charge in [0.05, 0.1) is 11.4 Å². The van der Waals surface area contributed by atoms with Gasteiger partial charge in [-0.15, -0.1) is 0 Å². The van der Waals surface area contributed by atoms with Crippen LogP contribution in [0.1, 0.15) is 0 Å². The van der Waals surface area contributed by atoms with E-state index in [1.54, 1.807) is 0 Å². The van der Waals surface area contributed by atoms with Gasteiger partial charge >= 0.3 is 0 Å². The van der Waals surface area contributed by atoms with Gasteiger partial charge in [-0.3, -0.25) is 0 Å². The molecule has 4 heteroatoms. The molecule has 18 aromatic carbocycles. The smallest absolute Gasteiger partial charge is 0.143 e. The minimum Gasteiger partial charge on any atom is -0.455 e. The second kappa shape index (κ2) is 24.4. The molecule has 4 nitrogen and oxygen atoms in total. The summed E-state index contributed by atoms with van der Waals surface area (Å²) >= 11 is 0. The van der Waals surface area contributed by atoms with Gasteiger partial charge in [-0.1, -0.05) is 279 Å². The number of hydrogen-bond donors (Lipinski definition) is 0. The highest BCUT2D eigenvalue weighted by atomic mass is 16.3. The number of rotatable bonds is 10. The average Bonchev–Trinajstić information content (AvgIpc) is 1.45. The quantitative estimate of drug-likeness (QED) is 0.128. The Morgan fingerprint density at radius 2 is 0.520 bits per heavy atom. The lowest BCUT2D eigenvalue weighted by molar-refractivity contribution is 0.672. The monoisotopic (exact) mass is 1270 g/mol. The number of furan rings is 2. The summed E-state index contributed by atoms with van der Waals surface area (Å²) in [6.45, 7) is 0. The largest absolute Gasteiger partial charge is 0.455 e. The molecule has 0 atom stereocenters. The van der Waals surface area contributed by atoms with E-state index in [0.29, 0.717) is 0 Å². The van der Waals surface area contributed by atoms with Crippen LogP contribution in [0.2, 0.25) is 0 Å². The van der Waals surface area contributed by atoms with Crippen molar-refractivity contribution >= 4 is 143 Å². The number of fused-ring (bicyclic) bond motifs is 16. The third-order valence-electron chi connectivity index (χ3n) is 20.1.